The molecule has 0 spiro atoms. The van der Waals surface area contributed by atoms with E-state index in [1.165, 1.54) is 12.1 Å². The third-order valence-corrected chi connectivity index (χ3v) is 4.43. The zero-order valence-electron chi connectivity index (χ0n) is 12.7. The Bertz CT molecular complexity index is 446. The average molecular weight is 280 g/mol. The maximum atomic E-state index is 13.4. The van der Waals surface area contributed by atoms with E-state index >= 15 is 0 Å². The fraction of sp³-hybridized carbons (Fsp3) is 0.625. The van der Waals surface area contributed by atoms with Crippen LogP contribution in [-0.2, 0) is 0 Å². The molecule has 1 aromatic carbocycles. The molecule has 1 heterocycles. The van der Waals surface area contributed by atoms with Crippen LogP contribution in [-0.4, -0.2) is 32.3 Å². The first kappa shape index (κ1) is 15.1. The molecular weight excluding hydrogens is 255 g/mol. The number of nitrogens with one attached hydrogen (secondary N) is 1. The zero-order valence-corrected chi connectivity index (χ0v) is 12.7. The molecule has 1 fully saturated rings. The molecule has 0 aromatic heterocycles. The summed E-state index contributed by atoms with van der Waals surface area (Å²) in [7, 11) is 1.60. The molecule has 1 aliphatic heterocycles. The third kappa shape index (κ3) is 3.06. The van der Waals surface area contributed by atoms with Crippen molar-refractivity contribution in [2.45, 2.75) is 38.6 Å². The number of benzene rings is 1. The van der Waals surface area contributed by atoms with Gasteiger partial charge >= 0.3 is 0 Å². The molecule has 3 nitrogen and oxygen atoms in total. The van der Waals surface area contributed by atoms with E-state index in [4.69, 9.17) is 4.74 Å². The van der Waals surface area contributed by atoms with Crippen molar-refractivity contribution in [1.82, 2.24) is 5.32 Å². The Hall–Kier alpha value is -1.29. The molecule has 0 bridgehead atoms. The molecule has 0 aliphatic carbocycles. The normalized spacial score (nSPS) is 18.7. The Morgan fingerprint density at radius 3 is 2.75 bits per heavy atom. The lowest BCUT2D eigenvalue weighted by molar-refractivity contribution is 0.320. The minimum Gasteiger partial charge on any atom is -0.494 e. The molecule has 1 aliphatic rings. The van der Waals surface area contributed by atoms with Crippen molar-refractivity contribution in [3.8, 4) is 5.75 Å². The quantitative estimate of drug-likeness (QED) is 0.916. The van der Waals surface area contributed by atoms with Crippen LogP contribution >= 0.6 is 0 Å². The van der Waals surface area contributed by atoms with Crippen LogP contribution in [0, 0.1) is 5.82 Å². The monoisotopic (exact) mass is 280 g/mol. The molecule has 1 aromatic rings. The predicted octanol–water partition coefficient (Wildman–Crippen LogP) is 3.19. The molecule has 1 N–H and O–H groups in total. The van der Waals surface area contributed by atoms with Crippen molar-refractivity contribution < 1.29 is 9.13 Å². The Morgan fingerprint density at radius 1 is 1.35 bits per heavy atom. The number of anilines is 1. The summed E-state index contributed by atoms with van der Waals surface area (Å²) in [5.74, 6) is 0.365. The third-order valence-electron chi connectivity index (χ3n) is 4.43. The molecule has 20 heavy (non-hydrogen) atoms. The molecule has 1 saturated heterocycles. The lowest BCUT2D eigenvalue weighted by Gasteiger charge is -2.36. The SMILES string of the molecule is CCC1(CC)CN(c2ccc(F)cc2OC)CCCN1. The Labute approximate surface area is 121 Å². The van der Waals surface area contributed by atoms with Gasteiger partial charge < -0.3 is 15.0 Å². The van der Waals surface area contributed by atoms with Crippen molar-refractivity contribution in [3.05, 3.63) is 24.0 Å². The molecule has 0 saturated carbocycles. The fourth-order valence-corrected chi connectivity index (χ4v) is 2.97. The van der Waals surface area contributed by atoms with E-state index in [2.05, 4.69) is 24.1 Å². The first-order chi connectivity index (χ1) is 9.64. The van der Waals surface area contributed by atoms with E-state index in [0.29, 0.717) is 5.75 Å². The van der Waals surface area contributed by atoms with E-state index in [-0.39, 0.29) is 11.4 Å². The lowest BCUT2D eigenvalue weighted by atomic mass is 9.92. The first-order valence-electron chi connectivity index (χ1n) is 7.47. The Kier molecular flexibility index (Phi) is 4.86. The van der Waals surface area contributed by atoms with E-state index < -0.39 is 0 Å². The van der Waals surface area contributed by atoms with Gasteiger partial charge in [0.1, 0.15) is 11.6 Å². The van der Waals surface area contributed by atoms with Crippen molar-refractivity contribution in [3.63, 3.8) is 0 Å². The summed E-state index contributed by atoms with van der Waals surface area (Å²) in [5.41, 5.74) is 1.12. The molecule has 0 atom stereocenters. The Morgan fingerprint density at radius 2 is 2.10 bits per heavy atom. The molecule has 0 radical (unpaired) electrons. The van der Waals surface area contributed by atoms with Gasteiger partial charge in [0.25, 0.3) is 0 Å². The average Bonchev–Trinajstić information content (AvgIpc) is 2.70. The molecule has 0 unspecified atom stereocenters. The van der Waals surface area contributed by atoms with Gasteiger partial charge in [-0.3, -0.25) is 0 Å². The number of halogens is 1. The van der Waals surface area contributed by atoms with Gasteiger partial charge in [-0.2, -0.15) is 0 Å². The minimum absolute atomic E-state index is 0.135. The van der Waals surface area contributed by atoms with Crippen LogP contribution in [0.3, 0.4) is 0 Å². The largest absolute Gasteiger partial charge is 0.494 e. The van der Waals surface area contributed by atoms with Crippen molar-refractivity contribution in [2.75, 3.05) is 31.6 Å². The van der Waals surface area contributed by atoms with Gasteiger partial charge in [0.2, 0.25) is 0 Å². The highest BCUT2D eigenvalue weighted by molar-refractivity contribution is 5.59. The second-order valence-electron chi connectivity index (χ2n) is 5.51. The highest BCUT2D eigenvalue weighted by atomic mass is 19.1. The lowest BCUT2D eigenvalue weighted by Crippen LogP contribution is -2.50. The Balaban J connectivity index is 2.30. The predicted molar refractivity (Wildman–Crippen MR) is 81.1 cm³/mol. The summed E-state index contributed by atoms with van der Waals surface area (Å²) in [6.07, 6.45) is 3.26. The van der Waals surface area contributed by atoms with Gasteiger partial charge in [-0.25, -0.2) is 4.39 Å². The van der Waals surface area contributed by atoms with E-state index in [0.717, 1.165) is 44.6 Å². The molecule has 2 rings (SSSR count). The van der Waals surface area contributed by atoms with Crippen molar-refractivity contribution in [2.24, 2.45) is 0 Å². The topological polar surface area (TPSA) is 24.5 Å². The van der Waals surface area contributed by atoms with Crippen LogP contribution in [0.5, 0.6) is 5.75 Å². The van der Waals surface area contributed by atoms with Crippen LogP contribution in [0.4, 0.5) is 10.1 Å². The summed E-state index contributed by atoms with van der Waals surface area (Å²) in [6.45, 7) is 7.38. The standard InChI is InChI=1S/C16H25FN2O/c1-4-16(5-2)12-19(10-6-9-18-16)14-8-7-13(17)11-15(14)20-3/h7-8,11,18H,4-6,9-10,12H2,1-3H3. The number of hydrogen-bond acceptors (Lipinski definition) is 3. The molecule has 0 amide bonds. The van der Waals surface area contributed by atoms with Gasteiger partial charge in [-0.15, -0.1) is 0 Å². The minimum atomic E-state index is -0.254. The van der Waals surface area contributed by atoms with Gasteiger partial charge in [0, 0.05) is 24.7 Å². The van der Waals surface area contributed by atoms with E-state index in [1.54, 1.807) is 7.11 Å². The first-order valence-corrected chi connectivity index (χ1v) is 7.47. The van der Waals surface area contributed by atoms with Crippen LogP contribution in [0.2, 0.25) is 0 Å². The summed E-state index contributed by atoms with van der Waals surface area (Å²) in [5, 5.41) is 3.69. The number of methoxy groups -OCH3 is 1. The van der Waals surface area contributed by atoms with Gasteiger partial charge in [0.05, 0.1) is 12.8 Å². The van der Waals surface area contributed by atoms with Gasteiger partial charge in [-0.1, -0.05) is 13.8 Å². The van der Waals surface area contributed by atoms with E-state index in [1.807, 2.05) is 6.07 Å². The number of hydrogen-bond donors (Lipinski definition) is 1. The van der Waals surface area contributed by atoms with Crippen LogP contribution < -0.4 is 15.0 Å². The molecular formula is C16H25FN2O. The highest BCUT2D eigenvalue weighted by Crippen LogP contribution is 2.32. The molecule has 112 valence electrons. The van der Waals surface area contributed by atoms with Crippen molar-refractivity contribution >= 4 is 5.69 Å². The van der Waals surface area contributed by atoms with Crippen LogP contribution in [0.15, 0.2) is 18.2 Å². The number of ether oxygens (including phenoxy) is 1. The number of nitrogens with zero attached hydrogens (tertiary/aromatic N) is 1. The number of rotatable bonds is 4. The van der Waals surface area contributed by atoms with Gasteiger partial charge in [-0.05, 0) is 37.9 Å². The highest BCUT2D eigenvalue weighted by Gasteiger charge is 2.31. The van der Waals surface area contributed by atoms with E-state index in [9.17, 15) is 4.39 Å². The molecule has 4 heteroatoms. The summed E-state index contributed by atoms with van der Waals surface area (Å²) >= 11 is 0. The smallest absolute Gasteiger partial charge is 0.145 e. The summed E-state index contributed by atoms with van der Waals surface area (Å²) < 4.78 is 18.7. The summed E-state index contributed by atoms with van der Waals surface area (Å²) in [6, 6.07) is 4.80. The fourth-order valence-electron chi connectivity index (χ4n) is 2.97. The van der Waals surface area contributed by atoms with Crippen LogP contribution in [0.1, 0.15) is 33.1 Å². The zero-order chi connectivity index (χ0) is 14.6. The van der Waals surface area contributed by atoms with Gasteiger partial charge in [0.15, 0.2) is 0 Å². The maximum Gasteiger partial charge on any atom is 0.145 e. The van der Waals surface area contributed by atoms with Crippen LogP contribution in [0.25, 0.3) is 0 Å². The second kappa shape index (κ2) is 6.44. The maximum absolute atomic E-state index is 13.4. The summed E-state index contributed by atoms with van der Waals surface area (Å²) in [4.78, 5) is 2.32. The second-order valence-corrected chi connectivity index (χ2v) is 5.51. The van der Waals surface area contributed by atoms with Crippen molar-refractivity contribution in [1.29, 1.82) is 0 Å².